The molecule has 7 nitrogen and oxygen atoms in total. The average molecular weight is 590 g/mol. The van der Waals surface area contributed by atoms with Crippen molar-refractivity contribution in [2.45, 2.75) is 91.1 Å². The summed E-state index contributed by atoms with van der Waals surface area (Å²) in [4.78, 5) is 29.1. The predicted octanol–water partition coefficient (Wildman–Crippen LogP) is 7.79. The number of methoxy groups -OCH3 is 2. The van der Waals surface area contributed by atoms with Crippen molar-refractivity contribution in [3.05, 3.63) is 83.7 Å². The Morgan fingerprint density at radius 1 is 0.698 bits per heavy atom. The first-order valence-electron chi connectivity index (χ1n) is 15.8. The predicted molar refractivity (Wildman–Crippen MR) is 170 cm³/mol. The minimum atomic E-state index is -0.436. The fraction of sp³-hybridized carbons (Fsp3) is 0.472. The summed E-state index contributed by atoms with van der Waals surface area (Å²) >= 11 is 0. The molecule has 1 aromatic heterocycles. The normalized spacial score (nSPS) is 10.8. The summed E-state index contributed by atoms with van der Waals surface area (Å²) < 4.78 is 19.1. The van der Waals surface area contributed by atoms with E-state index in [0.29, 0.717) is 41.5 Å². The summed E-state index contributed by atoms with van der Waals surface area (Å²) in [7, 11) is 3.07. The molecular weight excluding hydrogens is 540 g/mol. The van der Waals surface area contributed by atoms with E-state index in [9.17, 15) is 9.59 Å². The molecule has 0 aliphatic carbocycles. The number of rotatable bonds is 19. The zero-order chi connectivity index (χ0) is 30.9. The zero-order valence-electron chi connectivity index (χ0n) is 26.5. The van der Waals surface area contributed by atoms with Gasteiger partial charge in [-0.2, -0.15) is 0 Å². The van der Waals surface area contributed by atoms with Crippen LogP contribution in [0.3, 0.4) is 0 Å². The van der Waals surface area contributed by atoms with Gasteiger partial charge in [0, 0.05) is 17.7 Å². The number of carbonyl (C=O) groups is 2. The van der Waals surface area contributed by atoms with Crippen molar-refractivity contribution in [1.29, 1.82) is 0 Å². The molecule has 0 atom stereocenters. The van der Waals surface area contributed by atoms with Crippen LogP contribution in [0.1, 0.15) is 104 Å². The minimum Gasteiger partial charge on any atom is -0.496 e. The van der Waals surface area contributed by atoms with Gasteiger partial charge < -0.3 is 14.2 Å². The average Bonchev–Trinajstić information content (AvgIpc) is 3.05. The molecule has 0 fully saturated rings. The Labute approximate surface area is 257 Å². The van der Waals surface area contributed by atoms with Crippen molar-refractivity contribution >= 4 is 11.8 Å². The van der Waals surface area contributed by atoms with E-state index in [1.807, 2.05) is 35.9 Å². The Kier molecular flexibility index (Phi) is 14.6. The molecule has 3 rings (SSSR count). The van der Waals surface area contributed by atoms with Gasteiger partial charge in [-0.1, -0.05) is 82.9 Å². The van der Waals surface area contributed by atoms with E-state index < -0.39 is 11.8 Å². The van der Waals surface area contributed by atoms with Crippen molar-refractivity contribution in [3.8, 4) is 17.2 Å². The van der Waals surface area contributed by atoms with Gasteiger partial charge in [-0.25, -0.2) is 4.57 Å². The van der Waals surface area contributed by atoms with Crippen LogP contribution in [0.25, 0.3) is 0 Å². The molecule has 0 radical (unpaired) electrons. The number of carbonyl (C=O) groups excluding carboxylic acids is 2. The van der Waals surface area contributed by atoms with Crippen LogP contribution in [0, 0.1) is 0 Å². The molecule has 1 heterocycles. The monoisotopic (exact) mass is 589 g/mol. The highest BCUT2D eigenvalue weighted by Crippen LogP contribution is 2.30. The van der Waals surface area contributed by atoms with Crippen LogP contribution in [0.4, 0.5) is 0 Å². The number of benzene rings is 2. The van der Waals surface area contributed by atoms with Crippen LogP contribution in [0.5, 0.6) is 17.2 Å². The largest absolute Gasteiger partial charge is 0.496 e. The maximum atomic E-state index is 14.0. The van der Waals surface area contributed by atoms with Gasteiger partial charge in [-0.3, -0.25) is 14.5 Å². The lowest BCUT2D eigenvalue weighted by Gasteiger charge is -2.22. The molecule has 7 heteroatoms. The number of ether oxygens (including phenoxy) is 3. The molecule has 232 valence electrons. The third-order valence-corrected chi connectivity index (χ3v) is 7.69. The van der Waals surface area contributed by atoms with Crippen LogP contribution in [-0.2, 0) is 13.1 Å². The molecule has 43 heavy (non-hydrogen) atoms. The number of amides is 2. The van der Waals surface area contributed by atoms with Crippen LogP contribution < -0.4 is 18.8 Å². The maximum Gasteiger partial charge on any atom is 0.265 e. The van der Waals surface area contributed by atoms with Crippen molar-refractivity contribution in [2.24, 2.45) is 0 Å². The molecule has 0 aliphatic heterocycles. The third kappa shape index (κ3) is 10.1. The number of para-hydroxylation sites is 1. The van der Waals surface area contributed by atoms with Gasteiger partial charge >= 0.3 is 0 Å². The van der Waals surface area contributed by atoms with E-state index in [4.69, 9.17) is 14.2 Å². The van der Waals surface area contributed by atoms with E-state index in [-0.39, 0.29) is 6.54 Å². The first-order chi connectivity index (χ1) is 21.0. The molecule has 0 spiro atoms. The topological polar surface area (TPSA) is 69.0 Å². The lowest BCUT2D eigenvalue weighted by atomic mass is 10.1. The summed E-state index contributed by atoms with van der Waals surface area (Å²) in [6.45, 7) is 5.67. The summed E-state index contributed by atoms with van der Waals surface area (Å²) in [5.41, 5.74) is 1.50. The number of pyridine rings is 1. The Bertz CT molecular complexity index is 1290. The summed E-state index contributed by atoms with van der Waals surface area (Å²) in [5.74, 6) is 0.599. The van der Waals surface area contributed by atoms with E-state index in [1.54, 1.807) is 49.6 Å². The standard InChI is InChI=1S/C36H49N2O5/c1-5-7-8-9-10-11-12-13-14-19-26-43-33-24-23-29(27-34(33)42-4)35(39)38(28-30-20-17-18-25-37(30)6-2)36(40)31-21-15-16-22-32(31)41-3/h15-18,20-25,27H,5-14,19,26,28H2,1-4H3/q+1. The number of nitrogens with zero attached hydrogens (tertiary/aromatic N) is 2. The molecule has 0 saturated carbocycles. The Morgan fingerprint density at radius 3 is 2.02 bits per heavy atom. The number of hydrogen-bond acceptors (Lipinski definition) is 5. The highest BCUT2D eigenvalue weighted by molar-refractivity contribution is 6.11. The van der Waals surface area contributed by atoms with Crippen LogP contribution in [0.15, 0.2) is 66.9 Å². The second kappa shape index (κ2) is 18.6. The molecule has 0 aliphatic rings. The maximum absolute atomic E-state index is 14.0. The quantitative estimate of drug-likeness (QED) is 0.0811. The van der Waals surface area contributed by atoms with E-state index in [2.05, 4.69) is 6.92 Å². The van der Waals surface area contributed by atoms with Gasteiger partial charge in [-0.15, -0.1) is 0 Å². The molecule has 0 saturated heterocycles. The summed E-state index contributed by atoms with van der Waals surface area (Å²) in [6, 6.07) is 17.8. The van der Waals surface area contributed by atoms with Crippen LogP contribution in [0.2, 0.25) is 0 Å². The lowest BCUT2D eigenvalue weighted by molar-refractivity contribution is -0.701. The second-order valence-electron chi connectivity index (χ2n) is 10.8. The van der Waals surface area contributed by atoms with Crippen LogP contribution in [-0.4, -0.2) is 37.5 Å². The number of hydrogen-bond donors (Lipinski definition) is 0. The van der Waals surface area contributed by atoms with E-state index in [0.717, 1.165) is 18.5 Å². The first kappa shape index (κ1) is 33.6. The Morgan fingerprint density at radius 2 is 1.35 bits per heavy atom. The van der Waals surface area contributed by atoms with Gasteiger partial charge in [-0.05, 0) is 43.7 Å². The molecule has 3 aromatic rings. The van der Waals surface area contributed by atoms with Gasteiger partial charge in [0.25, 0.3) is 11.8 Å². The Hall–Kier alpha value is -3.87. The smallest absolute Gasteiger partial charge is 0.265 e. The first-order valence-corrected chi connectivity index (χ1v) is 15.8. The van der Waals surface area contributed by atoms with Gasteiger partial charge in [0.2, 0.25) is 5.69 Å². The molecule has 2 amide bonds. The molecule has 0 unspecified atom stereocenters. The number of aromatic nitrogens is 1. The van der Waals surface area contributed by atoms with Gasteiger partial charge in [0.1, 0.15) is 18.8 Å². The highest BCUT2D eigenvalue weighted by Gasteiger charge is 2.29. The number of aryl methyl sites for hydroxylation is 1. The van der Waals surface area contributed by atoms with E-state index in [1.165, 1.54) is 63.4 Å². The van der Waals surface area contributed by atoms with E-state index >= 15 is 0 Å². The number of unbranched alkanes of at least 4 members (excludes halogenated alkanes) is 9. The molecule has 2 aromatic carbocycles. The highest BCUT2D eigenvalue weighted by atomic mass is 16.5. The molecular formula is C36H49N2O5+. The van der Waals surface area contributed by atoms with Gasteiger partial charge in [0.05, 0.1) is 26.4 Å². The Balaban J connectivity index is 1.69. The fourth-order valence-corrected chi connectivity index (χ4v) is 5.18. The third-order valence-electron chi connectivity index (χ3n) is 7.69. The minimum absolute atomic E-state index is 0.101. The molecule has 0 bridgehead atoms. The SMILES string of the molecule is CCCCCCCCCCCCOc1ccc(C(=O)N(Cc2cccc[n+]2CC)C(=O)c2ccccc2OC)cc1OC. The molecule has 0 N–H and O–H groups in total. The van der Waals surface area contributed by atoms with Crippen molar-refractivity contribution < 1.29 is 28.4 Å². The van der Waals surface area contributed by atoms with Crippen molar-refractivity contribution in [2.75, 3.05) is 20.8 Å². The van der Waals surface area contributed by atoms with Gasteiger partial charge in [0.15, 0.2) is 17.7 Å². The zero-order valence-corrected chi connectivity index (χ0v) is 26.5. The van der Waals surface area contributed by atoms with Crippen molar-refractivity contribution in [3.63, 3.8) is 0 Å². The lowest BCUT2D eigenvalue weighted by Crippen LogP contribution is -2.43. The van der Waals surface area contributed by atoms with Crippen molar-refractivity contribution in [1.82, 2.24) is 4.90 Å². The second-order valence-corrected chi connectivity index (χ2v) is 10.8. The number of imide groups is 1. The fourth-order valence-electron chi connectivity index (χ4n) is 5.18. The summed E-state index contributed by atoms with van der Waals surface area (Å²) in [5, 5.41) is 0. The summed E-state index contributed by atoms with van der Waals surface area (Å²) in [6.07, 6.45) is 14.5. The van der Waals surface area contributed by atoms with Crippen LogP contribution >= 0.6 is 0 Å².